The molecule has 5 rings (SSSR count). The normalized spacial score (nSPS) is 28.4. The minimum Gasteiger partial charge on any atom is -0.399 e. The summed E-state index contributed by atoms with van der Waals surface area (Å²) in [5, 5.41) is 12.8. The van der Waals surface area contributed by atoms with E-state index in [0.29, 0.717) is 24.7 Å². The molecule has 4 atom stereocenters. The first-order valence-corrected chi connectivity index (χ1v) is 12.5. The average molecular weight is 487 g/mol. The second kappa shape index (κ2) is 9.36. The van der Waals surface area contributed by atoms with E-state index < -0.39 is 5.82 Å². The van der Waals surface area contributed by atoms with E-state index in [0.717, 1.165) is 50.9 Å². The maximum atomic E-state index is 13.6. The number of nitrogens with two attached hydrogens (primary N) is 1. The van der Waals surface area contributed by atoms with Crippen LogP contribution in [0.1, 0.15) is 37.7 Å². The average Bonchev–Trinajstić information content (AvgIpc) is 3.41. The molecule has 182 valence electrons. The van der Waals surface area contributed by atoms with Gasteiger partial charge >= 0.3 is 6.03 Å². The highest BCUT2D eigenvalue weighted by molar-refractivity contribution is 6.31. The molecule has 34 heavy (non-hydrogen) atoms. The first kappa shape index (κ1) is 23.4. The molecule has 4 N–H and O–H groups in total. The van der Waals surface area contributed by atoms with Gasteiger partial charge in [0.2, 0.25) is 0 Å². The van der Waals surface area contributed by atoms with Gasteiger partial charge in [-0.2, -0.15) is 0 Å². The molecule has 3 aliphatic rings. The van der Waals surface area contributed by atoms with Gasteiger partial charge in [0.1, 0.15) is 5.82 Å². The molecule has 1 aliphatic heterocycles. The van der Waals surface area contributed by atoms with Crippen LogP contribution in [0, 0.1) is 11.7 Å². The molecule has 1 heterocycles. The van der Waals surface area contributed by atoms with E-state index in [1.807, 2.05) is 17.0 Å². The molecule has 3 fully saturated rings. The zero-order chi connectivity index (χ0) is 23.9. The Labute approximate surface area is 204 Å². The van der Waals surface area contributed by atoms with Crippen LogP contribution in [-0.2, 0) is 5.41 Å². The van der Waals surface area contributed by atoms with E-state index in [4.69, 9.17) is 17.3 Å². The minimum atomic E-state index is -0.511. The summed E-state index contributed by atoms with van der Waals surface area (Å²) in [6.45, 7) is 2.79. The van der Waals surface area contributed by atoms with Crippen LogP contribution in [0.5, 0.6) is 0 Å². The molecule has 0 aromatic heterocycles. The number of β-amino-alcohol motifs (C(OH)–C–C–N with tert-alkyl or cyclic N) is 1. The third-order valence-electron chi connectivity index (χ3n) is 7.95. The molecule has 1 unspecified atom stereocenters. The first-order chi connectivity index (χ1) is 16.3. The van der Waals surface area contributed by atoms with Crippen molar-refractivity contribution in [3.05, 3.63) is 58.9 Å². The number of hydrogen-bond acceptors (Lipinski definition) is 4. The second-order valence-electron chi connectivity index (χ2n) is 10.1. The predicted molar refractivity (Wildman–Crippen MR) is 132 cm³/mol. The van der Waals surface area contributed by atoms with Crippen LogP contribution in [0.2, 0.25) is 5.02 Å². The molecule has 0 radical (unpaired) electrons. The zero-order valence-electron chi connectivity index (χ0n) is 19.2. The molecule has 2 aromatic rings. The first-order valence-electron chi connectivity index (χ1n) is 12.1. The summed E-state index contributed by atoms with van der Waals surface area (Å²) in [6.07, 6.45) is 4.52. The highest BCUT2D eigenvalue weighted by Crippen LogP contribution is 2.63. The maximum Gasteiger partial charge on any atom is 0.322 e. The van der Waals surface area contributed by atoms with Crippen molar-refractivity contribution in [2.75, 3.05) is 37.2 Å². The number of nitrogen functional groups attached to an aromatic ring is 1. The number of amides is 2. The largest absolute Gasteiger partial charge is 0.399 e. The summed E-state index contributed by atoms with van der Waals surface area (Å²) in [5.74, 6) is 0.0280. The summed E-state index contributed by atoms with van der Waals surface area (Å²) in [4.78, 5) is 17.5. The lowest BCUT2D eigenvalue weighted by Crippen LogP contribution is -2.48. The van der Waals surface area contributed by atoms with Gasteiger partial charge in [-0.25, -0.2) is 9.18 Å². The van der Waals surface area contributed by atoms with Crippen molar-refractivity contribution in [2.24, 2.45) is 5.92 Å². The standard InChI is InChI=1S/C26H32ClFN4O2/c27-23-14-20(4-5-24(23)28)30-25(34)32(11-10-31-9-7-22(33)16-31)21-6-8-26(15-18(26)13-21)17-2-1-3-19(29)12-17/h1-5,12,14,18,21-22,33H,6-11,13,15-16,29H2,(H,30,34)/t18?,21-,22-,26+/m1/s1. The Bertz CT molecular complexity index is 1070. The number of fused-ring (bicyclic) bond motifs is 1. The molecule has 8 heteroatoms. The second-order valence-corrected chi connectivity index (χ2v) is 10.5. The van der Waals surface area contributed by atoms with E-state index in [1.54, 1.807) is 0 Å². The van der Waals surface area contributed by atoms with Crippen LogP contribution in [0.25, 0.3) is 0 Å². The van der Waals surface area contributed by atoms with Crippen molar-refractivity contribution in [1.29, 1.82) is 0 Å². The predicted octanol–water partition coefficient (Wildman–Crippen LogP) is 4.47. The minimum absolute atomic E-state index is 0.0158. The Morgan fingerprint density at radius 2 is 2.15 bits per heavy atom. The number of nitrogens with zero attached hydrogens (tertiary/aromatic N) is 2. The Balaban J connectivity index is 1.29. The van der Waals surface area contributed by atoms with Gasteiger partial charge in [-0.05, 0) is 79.3 Å². The highest BCUT2D eigenvalue weighted by atomic mass is 35.5. The van der Waals surface area contributed by atoms with Gasteiger partial charge in [0.25, 0.3) is 0 Å². The number of aliphatic hydroxyl groups is 1. The fraction of sp³-hybridized carbons (Fsp3) is 0.500. The van der Waals surface area contributed by atoms with Gasteiger partial charge in [0, 0.05) is 43.6 Å². The quantitative estimate of drug-likeness (QED) is 0.526. The van der Waals surface area contributed by atoms with Gasteiger partial charge in [-0.1, -0.05) is 23.7 Å². The monoisotopic (exact) mass is 486 g/mol. The van der Waals surface area contributed by atoms with E-state index in [1.165, 1.54) is 23.8 Å². The number of nitrogens with one attached hydrogen (secondary N) is 1. The Morgan fingerprint density at radius 1 is 1.29 bits per heavy atom. The van der Waals surface area contributed by atoms with E-state index >= 15 is 0 Å². The van der Waals surface area contributed by atoms with E-state index in [2.05, 4.69) is 22.3 Å². The Hall–Kier alpha value is -2.35. The van der Waals surface area contributed by atoms with Crippen molar-refractivity contribution in [3.8, 4) is 0 Å². The van der Waals surface area contributed by atoms with Crippen LogP contribution < -0.4 is 11.1 Å². The molecule has 2 amide bonds. The van der Waals surface area contributed by atoms with Gasteiger partial charge < -0.3 is 21.1 Å². The number of hydrogen-bond donors (Lipinski definition) is 3. The zero-order valence-corrected chi connectivity index (χ0v) is 20.0. The topological polar surface area (TPSA) is 81.8 Å². The molecule has 2 aromatic carbocycles. The highest BCUT2D eigenvalue weighted by Gasteiger charge is 2.58. The number of rotatable bonds is 6. The SMILES string of the molecule is Nc1cccc([C@@]23CC[C@@H](N(CCN4CC[C@@H](O)C4)C(=O)Nc4ccc(F)c(Cl)c4)CC2C3)c1. The summed E-state index contributed by atoms with van der Waals surface area (Å²) < 4.78 is 13.6. The van der Waals surface area contributed by atoms with E-state index in [9.17, 15) is 14.3 Å². The summed E-state index contributed by atoms with van der Waals surface area (Å²) >= 11 is 5.92. The van der Waals surface area contributed by atoms with Crippen LogP contribution in [0.15, 0.2) is 42.5 Å². The molecule has 6 nitrogen and oxygen atoms in total. The number of anilines is 2. The van der Waals surface area contributed by atoms with Crippen LogP contribution in [-0.4, -0.2) is 59.3 Å². The van der Waals surface area contributed by atoms with Gasteiger partial charge in [-0.3, -0.25) is 4.90 Å². The number of carbonyl (C=O) groups is 1. The number of aliphatic hydroxyl groups excluding tert-OH is 1. The smallest absolute Gasteiger partial charge is 0.322 e. The summed E-state index contributed by atoms with van der Waals surface area (Å²) in [5.41, 5.74) is 8.83. The van der Waals surface area contributed by atoms with Crippen molar-refractivity contribution in [1.82, 2.24) is 9.80 Å². The third-order valence-corrected chi connectivity index (χ3v) is 8.24. The van der Waals surface area contributed by atoms with Gasteiger partial charge in [-0.15, -0.1) is 0 Å². The summed E-state index contributed by atoms with van der Waals surface area (Å²) in [6, 6.07) is 12.4. The number of likely N-dealkylation sites (tertiary alicyclic amines) is 1. The summed E-state index contributed by atoms with van der Waals surface area (Å²) in [7, 11) is 0. The number of carbonyl (C=O) groups excluding carboxylic acids is 1. The van der Waals surface area contributed by atoms with Gasteiger partial charge in [0.15, 0.2) is 0 Å². The van der Waals surface area contributed by atoms with Crippen LogP contribution in [0.3, 0.4) is 0 Å². The van der Waals surface area contributed by atoms with Crippen LogP contribution >= 0.6 is 11.6 Å². The molecular formula is C26H32ClFN4O2. The van der Waals surface area contributed by atoms with Crippen molar-refractivity contribution >= 4 is 29.0 Å². The fourth-order valence-corrected chi connectivity index (χ4v) is 6.16. The lowest BCUT2D eigenvalue weighted by atomic mass is 9.80. The fourth-order valence-electron chi connectivity index (χ4n) is 5.98. The number of halogens is 2. The number of urea groups is 1. The molecule has 0 spiro atoms. The molecular weight excluding hydrogens is 455 g/mol. The lowest BCUT2D eigenvalue weighted by Gasteiger charge is -2.37. The Kier molecular flexibility index (Phi) is 6.44. The van der Waals surface area contributed by atoms with Crippen molar-refractivity contribution < 1.29 is 14.3 Å². The Morgan fingerprint density at radius 3 is 2.85 bits per heavy atom. The van der Waals surface area contributed by atoms with Gasteiger partial charge in [0.05, 0.1) is 11.1 Å². The van der Waals surface area contributed by atoms with Crippen molar-refractivity contribution in [3.63, 3.8) is 0 Å². The molecule has 1 saturated heterocycles. The molecule has 2 saturated carbocycles. The molecule has 0 bridgehead atoms. The molecule has 2 aliphatic carbocycles. The van der Waals surface area contributed by atoms with E-state index in [-0.39, 0.29) is 28.6 Å². The van der Waals surface area contributed by atoms with Crippen LogP contribution in [0.4, 0.5) is 20.6 Å². The number of benzene rings is 2. The third kappa shape index (κ3) is 4.74. The van der Waals surface area contributed by atoms with Crippen molar-refractivity contribution in [2.45, 2.75) is 49.7 Å². The lowest BCUT2D eigenvalue weighted by molar-refractivity contribution is 0.142. The maximum absolute atomic E-state index is 13.6.